The molecule has 0 bridgehead atoms. The van der Waals surface area contributed by atoms with Crippen LogP contribution < -0.4 is 16.6 Å². The Balaban J connectivity index is 2.84. The monoisotopic (exact) mass is 238 g/mol. The molecule has 17 heavy (non-hydrogen) atoms. The number of carbonyl (C=O) groups excluding carboxylic acids is 2. The molecule has 2 amide bonds. The van der Waals surface area contributed by atoms with Crippen molar-refractivity contribution in [1.82, 2.24) is 15.1 Å². The summed E-state index contributed by atoms with van der Waals surface area (Å²) >= 11 is 0. The molecule has 7 nitrogen and oxygen atoms in total. The van der Waals surface area contributed by atoms with Crippen molar-refractivity contribution in [3.63, 3.8) is 0 Å². The number of hydrogen-bond acceptors (Lipinski definition) is 4. The third-order valence-electron chi connectivity index (χ3n) is 1.96. The van der Waals surface area contributed by atoms with E-state index in [2.05, 4.69) is 10.4 Å². The highest BCUT2D eigenvalue weighted by atomic mass is 16.2. The highest BCUT2D eigenvalue weighted by molar-refractivity contribution is 5.94. The maximum Gasteiger partial charge on any atom is 0.272 e. The minimum absolute atomic E-state index is 0.0827. The zero-order valence-corrected chi connectivity index (χ0v) is 9.47. The molecule has 0 atom stereocenters. The van der Waals surface area contributed by atoms with Crippen molar-refractivity contribution in [2.45, 2.75) is 19.9 Å². The van der Waals surface area contributed by atoms with Gasteiger partial charge in [-0.25, -0.2) is 4.68 Å². The van der Waals surface area contributed by atoms with Gasteiger partial charge in [-0.05, 0) is 12.5 Å². The fourth-order valence-corrected chi connectivity index (χ4v) is 1.20. The van der Waals surface area contributed by atoms with Crippen LogP contribution in [0.15, 0.2) is 16.9 Å². The van der Waals surface area contributed by atoms with E-state index in [4.69, 9.17) is 5.73 Å². The molecule has 0 radical (unpaired) electrons. The van der Waals surface area contributed by atoms with Crippen molar-refractivity contribution in [1.29, 1.82) is 0 Å². The summed E-state index contributed by atoms with van der Waals surface area (Å²) in [6.07, 6.45) is 0.735. The van der Waals surface area contributed by atoms with E-state index in [0.717, 1.165) is 6.42 Å². The van der Waals surface area contributed by atoms with Gasteiger partial charge in [0.25, 0.3) is 11.5 Å². The number of nitrogens with two attached hydrogens (primary N) is 1. The van der Waals surface area contributed by atoms with Crippen LogP contribution in [0.4, 0.5) is 0 Å². The Kier molecular flexibility index (Phi) is 4.38. The summed E-state index contributed by atoms with van der Waals surface area (Å²) in [6, 6.07) is 2.58. The van der Waals surface area contributed by atoms with Crippen LogP contribution in [0.3, 0.4) is 0 Å². The molecule has 1 heterocycles. The summed E-state index contributed by atoms with van der Waals surface area (Å²) in [5.41, 5.74) is 4.71. The van der Waals surface area contributed by atoms with Crippen LogP contribution in [0, 0.1) is 0 Å². The van der Waals surface area contributed by atoms with Gasteiger partial charge in [-0.15, -0.1) is 0 Å². The fourth-order valence-electron chi connectivity index (χ4n) is 1.20. The summed E-state index contributed by atoms with van der Waals surface area (Å²) < 4.78 is 1.21. The number of nitrogens with one attached hydrogen (secondary N) is 1. The van der Waals surface area contributed by atoms with Crippen LogP contribution in [0.5, 0.6) is 0 Å². The lowest BCUT2D eigenvalue weighted by atomic mass is 10.3. The average Bonchev–Trinajstić information content (AvgIpc) is 2.29. The minimum atomic E-state index is -0.639. The Morgan fingerprint density at radius 2 is 2.18 bits per heavy atom. The van der Waals surface area contributed by atoms with Crippen molar-refractivity contribution < 1.29 is 9.59 Å². The van der Waals surface area contributed by atoms with Gasteiger partial charge in [0.2, 0.25) is 5.91 Å². The van der Waals surface area contributed by atoms with Gasteiger partial charge in [0.15, 0.2) is 0 Å². The Hall–Kier alpha value is -2.18. The smallest absolute Gasteiger partial charge is 0.272 e. The van der Waals surface area contributed by atoms with E-state index in [0.29, 0.717) is 6.54 Å². The molecular formula is C10H14N4O3. The minimum Gasteiger partial charge on any atom is -0.368 e. The highest BCUT2D eigenvalue weighted by Crippen LogP contribution is 1.91. The lowest BCUT2D eigenvalue weighted by Crippen LogP contribution is -2.35. The standard InChI is InChI=1S/C10H14N4O3/c1-2-5-14-9(16)4-3-7(13-14)10(17)12-6-8(11)15/h3-4H,2,5-6H2,1H3,(H2,11,15)(H,12,17). The number of carbonyl (C=O) groups is 2. The largest absolute Gasteiger partial charge is 0.368 e. The van der Waals surface area contributed by atoms with E-state index < -0.39 is 11.8 Å². The predicted octanol–water partition coefficient (Wildman–Crippen LogP) is -1.13. The maximum atomic E-state index is 11.5. The first-order valence-corrected chi connectivity index (χ1v) is 5.19. The third kappa shape index (κ3) is 3.71. The lowest BCUT2D eigenvalue weighted by Gasteiger charge is -2.05. The summed E-state index contributed by atoms with van der Waals surface area (Å²) in [5, 5.41) is 6.18. The van der Waals surface area contributed by atoms with E-state index in [9.17, 15) is 14.4 Å². The Bertz CT molecular complexity index is 481. The van der Waals surface area contributed by atoms with Crippen molar-refractivity contribution in [3.05, 3.63) is 28.2 Å². The first-order chi connectivity index (χ1) is 8.04. The van der Waals surface area contributed by atoms with Crippen molar-refractivity contribution in [3.8, 4) is 0 Å². The molecule has 7 heteroatoms. The topological polar surface area (TPSA) is 107 Å². The number of aromatic nitrogens is 2. The van der Waals surface area contributed by atoms with Gasteiger partial charge in [0.05, 0.1) is 6.54 Å². The second kappa shape index (κ2) is 5.78. The van der Waals surface area contributed by atoms with Crippen LogP contribution >= 0.6 is 0 Å². The Morgan fingerprint density at radius 3 is 2.76 bits per heavy atom. The number of aryl methyl sites for hydroxylation is 1. The van der Waals surface area contributed by atoms with Crippen molar-refractivity contribution >= 4 is 11.8 Å². The molecule has 0 aliphatic rings. The molecule has 0 saturated heterocycles. The number of nitrogens with zero attached hydrogens (tertiary/aromatic N) is 2. The SMILES string of the molecule is CCCn1nc(C(=O)NCC(N)=O)ccc1=O. The zero-order chi connectivity index (χ0) is 12.8. The average molecular weight is 238 g/mol. The molecule has 0 spiro atoms. The fraction of sp³-hybridized carbons (Fsp3) is 0.400. The molecule has 0 unspecified atom stereocenters. The molecular weight excluding hydrogens is 224 g/mol. The third-order valence-corrected chi connectivity index (χ3v) is 1.96. The van der Waals surface area contributed by atoms with Crippen molar-refractivity contribution in [2.75, 3.05) is 6.54 Å². The number of primary amides is 1. The van der Waals surface area contributed by atoms with Crippen LogP contribution in [0.25, 0.3) is 0 Å². The number of hydrogen-bond donors (Lipinski definition) is 2. The van der Waals surface area contributed by atoms with Crippen LogP contribution in [-0.4, -0.2) is 28.1 Å². The normalized spacial score (nSPS) is 9.94. The number of amides is 2. The zero-order valence-electron chi connectivity index (χ0n) is 9.47. The molecule has 92 valence electrons. The molecule has 0 saturated carbocycles. The van der Waals surface area contributed by atoms with E-state index >= 15 is 0 Å². The molecule has 3 N–H and O–H groups in total. The van der Waals surface area contributed by atoms with E-state index in [1.807, 2.05) is 6.92 Å². The first-order valence-electron chi connectivity index (χ1n) is 5.19. The Labute approximate surface area is 97.6 Å². The second-order valence-corrected chi connectivity index (χ2v) is 3.43. The highest BCUT2D eigenvalue weighted by Gasteiger charge is 2.09. The first kappa shape index (κ1) is 12.9. The van der Waals surface area contributed by atoms with Gasteiger partial charge in [0, 0.05) is 12.6 Å². The number of rotatable bonds is 5. The molecule has 1 aromatic heterocycles. The van der Waals surface area contributed by atoms with Gasteiger partial charge in [-0.2, -0.15) is 5.10 Å². The van der Waals surface area contributed by atoms with Crippen LogP contribution in [0.2, 0.25) is 0 Å². The van der Waals surface area contributed by atoms with Gasteiger partial charge in [-0.1, -0.05) is 6.92 Å². The molecule has 0 aliphatic heterocycles. The second-order valence-electron chi connectivity index (χ2n) is 3.43. The van der Waals surface area contributed by atoms with Gasteiger partial charge in [0.1, 0.15) is 5.69 Å². The van der Waals surface area contributed by atoms with Crippen LogP contribution in [0.1, 0.15) is 23.8 Å². The molecule has 1 aromatic rings. The van der Waals surface area contributed by atoms with Gasteiger partial charge < -0.3 is 11.1 Å². The molecule has 0 aliphatic carbocycles. The van der Waals surface area contributed by atoms with E-state index in [1.54, 1.807) is 0 Å². The summed E-state index contributed by atoms with van der Waals surface area (Å²) in [5.74, 6) is -1.17. The van der Waals surface area contributed by atoms with Gasteiger partial charge in [-0.3, -0.25) is 14.4 Å². The van der Waals surface area contributed by atoms with E-state index in [1.165, 1.54) is 16.8 Å². The van der Waals surface area contributed by atoms with Crippen molar-refractivity contribution in [2.24, 2.45) is 5.73 Å². The van der Waals surface area contributed by atoms with Gasteiger partial charge >= 0.3 is 0 Å². The molecule has 1 rings (SSSR count). The predicted molar refractivity (Wildman–Crippen MR) is 60.3 cm³/mol. The Morgan fingerprint density at radius 1 is 1.47 bits per heavy atom. The maximum absolute atomic E-state index is 11.5. The summed E-state index contributed by atoms with van der Waals surface area (Å²) in [4.78, 5) is 33.4. The van der Waals surface area contributed by atoms with E-state index in [-0.39, 0.29) is 17.8 Å². The summed E-state index contributed by atoms with van der Waals surface area (Å²) in [7, 11) is 0. The molecule has 0 aromatic carbocycles. The van der Waals surface area contributed by atoms with Crippen LogP contribution in [-0.2, 0) is 11.3 Å². The quantitative estimate of drug-likeness (QED) is 0.676. The summed E-state index contributed by atoms with van der Waals surface area (Å²) in [6.45, 7) is 2.08. The lowest BCUT2D eigenvalue weighted by molar-refractivity contribution is -0.117. The molecule has 0 fully saturated rings.